The van der Waals surface area contributed by atoms with E-state index in [1.807, 2.05) is 36.7 Å². The van der Waals surface area contributed by atoms with Crippen molar-refractivity contribution >= 4 is 32.7 Å². The SMILES string of the molecule is Brc1ccc(NCCn2cnc3ccccc32)cc1. The summed E-state index contributed by atoms with van der Waals surface area (Å²) in [6, 6.07) is 16.4. The van der Waals surface area contributed by atoms with Gasteiger partial charge in [-0.15, -0.1) is 0 Å². The van der Waals surface area contributed by atoms with Crippen LogP contribution in [0.5, 0.6) is 0 Å². The normalized spacial score (nSPS) is 10.8. The third-order valence-corrected chi connectivity index (χ3v) is 3.58. The van der Waals surface area contributed by atoms with Gasteiger partial charge >= 0.3 is 0 Å². The van der Waals surface area contributed by atoms with E-state index in [1.54, 1.807) is 0 Å². The fourth-order valence-electron chi connectivity index (χ4n) is 2.08. The smallest absolute Gasteiger partial charge is 0.0958 e. The number of aromatic nitrogens is 2. The molecule has 0 fully saturated rings. The summed E-state index contributed by atoms with van der Waals surface area (Å²) in [4.78, 5) is 4.38. The van der Waals surface area contributed by atoms with E-state index in [2.05, 4.69) is 49.0 Å². The van der Waals surface area contributed by atoms with E-state index in [-0.39, 0.29) is 0 Å². The van der Waals surface area contributed by atoms with Crippen LogP contribution in [-0.2, 0) is 6.54 Å². The number of nitrogens with one attached hydrogen (secondary N) is 1. The average molecular weight is 316 g/mol. The first kappa shape index (κ1) is 12.2. The first-order chi connectivity index (χ1) is 9.33. The molecule has 2 aromatic carbocycles. The zero-order valence-corrected chi connectivity index (χ0v) is 12.0. The maximum atomic E-state index is 4.38. The average Bonchev–Trinajstić information content (AvgIpc) is 2.85. The number of nitrogens with zero attached hydrogens (tertiary/aromatic N) is 2. The lowest BCUT2D eigenvalue weighted by Gasteiger charge is -2.08. The first-order valence-electron chi connectivity index (χ1n) is 6.22. The zero-order valence-electron chi connectivity index (χ0n) is 10.4. The Bertz CT molecular complexity index is 673. The van der Waals surface area contributed by atoms with E-state index in [0.29, 0.717) is 0 Å². The minimum absolute atomic E-state index is 0.877. The molecule has 1 heterocycles. The maximum Gasteiger partial charge on any atom is 0.0958 e. The van der Waals surface area contributed by atoms with Crippen molar-refractivity contribution in [1.82, 2.24) is 9.55 Å². The number of anilines is 1. The van der Waals surface area contributed by atoms with Crippen LogP contribution in [0.4, 0.5) is 5.69 Å². The highest BCUT2D eigenvalue weighted by Crippen LogP contribution is 2.14. The highest BCUT2D eigenvalue weighted by molar-refractivity contribution is 9.10. The summed E-state index contributed by atoms with van der Waals surface area (Å²) in [7, 11) is 0. The fourth-order valence-corrected chi connectivity index (χ4v) is 2.34. The second-order valence-electron chi connectivity index (χ2n) is 4.36. The van der Waals surface area contributed by atoms with E-state index in [1.165, 1.54) is 5.52 Å². The van der Waals surface area contributed by atoms with Gasteiger partial charge in [-0.25, -0.2) is 4.98 Å². The van der Waals surface area contributed by atoms with Crippen molar-refractivity contribution in [3.8, 4) is 0 Å². The van der Waals surface area contributed by atoms with Gasteiger partial charge in [0.25, 0.3) is 0 Å². The number of fused-ring (bicyclic) bond motifs is 1. The lowest BCUT2D eigenvalue weighted by Crippen LogP contribution is -2.09. The van der Waals surface area contributed by atoms with Crippen LogP contribution in [0.15, 0.2) is 59.3 Å². The molecule has 0 amide bonds. The van der Waals surface area contributed by atoms with Crippen LogP contribution >= 0.6 is 15.9 Å². The van der Waals surface area contributed by atoms with Gasteiger partial charge in [0.1, 0.15) is 0 Å². The fraction of sp³-hybridized carbons (Fsp3) is 0.133. The Morgan fingerprint density at radius 1 is 1.05 bits per heavy atom. The monoisotopic (exact) mass is 315 g/mol. The molecule has 96 valence electrons. The molecular formula is C15H14BrN3. The van der Waals surface area contributed by atoms with Gasteiger partial charge in [-0.1, -0.05) is 28.1 Å². The maximum absolute atomic E-state index is 4.38. The molecule has 0 saturated heterocycles. The summed E-state index contributed by atoms with van der Waals surface area (Å²) in [5, 5.41) is 3.41. The number of halogens is 1. The lowest BCUT2D eigenvalue weighted by molar-refractivity contribution is 0.749. The first-order valence-corrected chi connectivity index (χ1v) is 7.01. The Balaban J connectivity index is 1.65. The summed E-state index contributed by atoms with van der Waals surface area (Å²) >= 11 is 3.43. The standard InChI is InChI=1S/C15H14BrN3/c16-12-5-7-13(8-6-12)17-9-10-19-11-18-14-3-1-2-4-15(14)19/h1-8,11,17H,9-10H2. The molecule has 1 N–H and O–H groups in total. The van der Waals surface area contributed by atoms with Crippen LogP contribution in [0.1, 0.15) is 0 Å². The number of hydrogen-bond donors (Lipinski definition) is 1. The van der Waals surface area contributed by atoms with Gasteiger partial charge in [-0.2, -0.15) is 0 Å². The highest BCUT2D eigenvalue weighted by atomic mass is 79.9. The second kappa shape index (κ2) is 5.45. The van der Waals surface area contributed by atoms with Crippen LogP contribution in [-0.4, -0.2) is 16.1 Å². The molecule has 0 spiro atoms. The van der Waals surface area contributed by atoms with Crippen molar-refractivity contribution in [2.75, 3.05) is 11.9 Å². The lowest BCUT2D eigenvalue weighted by atomic mass is 10.3. The molecule has 4 heteroatoms. The predicted octanol–water partition coefficient (Wildman–Crippen LogP) is 3.91. The Kier molecular flexibility index (Phi) is 3.51. The molecule has 0 radical (unpaired) electrons. The van der Waals surface area contributed by atoms with Crippen LogP contribution in [0, 0.1) is 0 Å². The van der Waals surface area contributed by atoms with Gasteiger partial charge in [0, 0.05) is 23.2 Å². The molecule has 0 atom stereocenters. The Morgan fingerprint density at radius 3 is 2.68 bits per heavy atom. The van der Waals surface area contributed by atoms with Gasteiger partial charge < -0.3 is 9.88 Å². The quantitative estimate of drug-likeness (QED) is 0.791. The van der Waals surface area contributed by atoms with E-state index in [0.717, 1.165) is 28.8 Å². The van der Waals surface area contributed by atoms with Gasteiger partial charge in [0.2, 0.25) is 0 Å². The molecule has 3 rings (SSSR count). The number of benzene rings is 2. The van der Waals surface area contributed by atoms with Gasteiger partial charge in [-0.3, -0.25) is 0 Å². The molecule has 3 aromatic rings. The number of hydrogen-bond acceptors (Lipinski definition) is 2. The number of imidazole rings is 1. The molecule has 0 aliphatic rings. The highest BCUT2D eigenvalue weighted by Gasteiger charge is 2.00. The van der Waals surface area contributed by atoms with Crippen molar-refractivity contribution in [2.45, 2.75) is 6.54 Å². The summed E-state index contributed by atoms with van der Waals surface area (Å²) in [5.74, 6) is 0. The van der Waals surface area contributed by atoms with E-state index >= 15 is 0 Å². The van der Waals surface area contributed by atoms with Gasteiger partial charge in [0.05, 0.1) is 17.4 Å². The van der Waals surface area contributed by atoms with E-state index in [4.69, 9.17) is 0 Å². The molecule has 0 aliphatic heterocycles. The topological polar surface area (TPSA) is 29.9 Å². The molecule has 0 saturated carbocycles. The molecule has 3 nitrogen and oxygen atoms in total. The van der Waals surface area contributed by atoms with Crippen LogP contribution in [0.2, 0.25) is 0 Å². The third kappa shape index (κ3) is 2.79. The Morgan fingerprint density at radius 2 is 1.84 bits per heavy atom. The van der Waals surface area contributed by atoms with E-state index < -0.39 is 0 Å². The second-order valence-corrected chi connectivity index (χ2v) is 5.28. The largest absolute Gasteiger partial charge is 0.383 e. The summed E-state index contributed by atoms with van der Waals surface area (Å²) in [6.07, 6.45) is 1.90. The molecule has 0 bridgehead atoms. The molecule has 19 heavy (non-hydrogen) atoms. The van der Waals surface area contributed by atoms with Crippen LogP contribution < -0.4 is 5.32 Å². The van der Waals surface area contributed by atoms with Gasteiger partial charge in [0.15, 0.2) is 0 Å². The van der Waals surface area contributed by atoms with Crippen molar-refractivity contribution in [3.05, 3.63) is 59.3 Å². The number of para-hydroxylation sites is 2. The zero-order chi connectivity index (χ0) is 13.1. The predicted molar refractivity (Wildman–Crippen MR) is 82.4 cm³/mol. The molecule has 0 unspecified atom stereocenters. The van der Waals surface area contributed by atoms with Crippen molar-refractivity contribution in [1.29, 1.82) is 0 Å². The Hall–Kier alpha value is -1.81. The minimum atomic E-state index is 0.877. The van der Waals surface area contributed by atoms with E-state index in [9.17, 15) is 0 Å². The summed E-state index contributed by atoms with van der Waals surface area (Å²) < 4.78 is 3.26. The number of rotatable bonds is 4. The molecule has 0 aliphatic carbocycles. The van der Waals surface area contributed by atoms with Crippen molar-refractivity contribution in [2.24, 2.45) is 0 Å². The van der Waals surface area contributed by atoms with Crippen molar-refractivity contribution < 1.29 is 0 Å². The Labute approximate surface area is 120 Å². The minimum Gasteiger partial charge on any atom is -0.383 e. The summed E-state index contributed by atoms with van der Waals surface area (Å²) in [6.45, 7) is 1.78. The van der Waals surface area contributed by atoms with Crippen molar-refractivity contribution in [3.63, 3.8) is 0 Å². The van der Waals surface area contributed by atoms with Crippen LogP contribution in [0.25, 0.3) is 11.0 Å². The molecule has 1 aromatic heterocycles. The summed E-state index contributed by atoms with van der Waals surface area (Å²) in [5.41, 5.74) is 3.36. The molecular weight excluding hydrogens is 302 g/mol. The third-order valence-electron chi connectivity index (χ3n) is 3.05. The van der Waals surface area contributed by atoms with Crippen LogP contribution in [0.3, 0.4) is 0 Å². The van der Waals surface area contributed by atoms with Gasteiger partial charge in [-0.05, 0) is 36.4 Å².